The Morgan fingerprint density at radius 3 is 2.24 bits per heavy atom. The lowest BCUT2D eigenvalue weighted by molar-refractivity contribution is -0.141. The van der Waals surface area contributed by atoms with E-state index >= 15 is 0 Å². The van der Waals surface area contributed by atoms with Crippen molar-refractivity contribution in [3.05, 3.63) is 99.0 Å². The molecule has 0 heterocycles. The second-order valence-electron chi connectivity index (χ2n) is 10.4. The number of hydrogen-bond donors (Lipinski definition) is 1. The van der Waals surface area contributed by atoms with E-state index in [1.165, 1.54) is 4.31 Å². The maximum atomic E-state index is 13.9. The van der Waals surface area contributed by atoms with Gasteiger partial charge >= 0.3 is 0 Å². The number of nitrogens with one attached hydrogen (secondary N) is 1. The molecular weight excluding hydrogens is 626 g/mol. The molecule has 0 aromatic heterocycles. The maximum absolute atomic E-state index is 13.9. The van der Waals surface area contributed by atoms with Gasteiger partial charge in [-0.05, 0) is 68.1 Å². The Kier molecular flexibility index (Phi) is 11.8. The molecule has 10 heteroatoms. The molecular formula is C31H37BrClN3O4S. The smallest absolute Gasteiger partial charge is 0.243 e. The lowest BCUT2D eigenvalue weighted by Gasteiger charge is -2.32. The third-order valence-corrected chi connectivity index (χ3v) is 8.50. The summed E-state index contributed by atoms with van der Waals surface area (Å²) in [4.78, 5) is 29.0. The van der Waals surface area contributed by atoms with Crippen LogP contribution in [0.3, 0.4) is 0 Å². The van der Waals surface area contributed by atoms with Crippen molar-refractivity contribution in [2.45, 2.75) is 58.7 Å². The van der Waals surface area contributed by atoms with Gasteiger partial charge in [0.05, 0.1) is 11.9 Å². The first-order valence-electron chi connectivity index (χ1n) is 13.5. The highest BCUT2D eigenvalue weighted by Gasteiger charge is 2.31. The molecule has 1 atom stereocenters. The second-order valence-corrected chi connectivity index (χ2v) is 13.6. The van der Waals surface area contributed by atoms with Crippen LogP contribution in [0.1, 0.15) is 43.4 Å². The van der Waals surface area contributed by atoms with Crippen LogP contribution in [0.2, 0.25) is 5.02 Å². The lowest BCUT2D eigenvalue weighted by Crippen LogP contribution is -2.51. The van der Waals surface area contributed by atoms with Gasteiger partial charge in [0.1, 0.15) is 6.04 Å². The van der Waals surface area contributed by atoms with Gasteiger partial charge in [-0.1, -0.05) is 76.1 Å². The molecule has 0 saturated carbocycles. The fourth-order valence-corrected chi connectivity index (χ4v) is 6.00. The number of carbonyl (C=O) groups is 2. The zero-order valence-corrected chi connectivity index (χ0v) is 27.0. The first-order chi connectivity index (χ1) is 19.3. The molecule has 0 aliphatic rings. The van der Waals surface area contributed by atoms with Crippen LogP contribution in [0, 0.1) is 6.92 Å². The summed E-state index contributed by atoms with van der Waals surface area (Å²) in [5.74, 6) is -0.467. The number of aryl methyl sites for hydroxylation is 1. The normalized spacial score (nSPS) is 12.2. The van der Waals surface area contributed by atoms with E-state index in [0.717, 1.165) is 27.4 Å². The van der Waals surface area contributed by atoms with E-state index in [9.17, 15) is 18.0 Å². The van der Waals surface area contributed by atoms with E-state index in [0.29, 0.717) is 17.1 Å². The van der Waals surface area contributed by atoms with Crippen LogP contribution in [0.25, 0.3) is 0 Å². The van der Waals surface area contributed by atoms with Gasteiger partial charge in [0.15, 0.2) is 0 Å². The van der Waals surface area contributed by atoms with Crippen molar-refractivity contribution in [2.75, 3.05) is 17.1 Å². The van der Waals surface area contributed by atoms with Crippen LogP contribution >= 0.6 is 27.5 Å². The number of carbonyl (C=O) groups excluding carboxylic acids is 2. The summed E-state index contributed by atoms with van der Waals surface area (Å²) >= 11 is 9.62. The molecule has 0 radical (unpaired) electrons. The summed E-state index contributed by atoms with van der Waals surface area (Å²) < 4.78 is 27.6. The molecule has 0 saturated heterocycles. The lowest BCUT2D eigenvalue weighted by atomic mass is 10.0. The molecule has 3 rings (SSSR count). The minimum atomic E-state index is -3.63. The van der Waals surface area contributed by atoms with Crippen molar-refractivity contribution in [3.63, 3.8) is 0 Å². The largest absolute Gasteiger partial charge is 0.352 e. The first kappa shape index (κ1) is 32.6. The molecule has 41 heavy (non-hydrogen) atoms. The van der Waals surface area contributed by atoms with Gasteiger partial charge in [0.2, 0.25) is 21.8 Å². The summed E-state index contributed by atoms with van der Waals surface area (Å²) in [7, 11) is -3.63. The van der Waals surface area contributed by atoms with Crippen LogP contribution in [0.15, 0.2) is 77.3 Å². The van der Waals surface area contributed by atoms with Gasteiger partial charge in [-0.3, -0.25) is 13.9 Å². The Balaban J connectivity index is 1.89. The molecule has 0 spiro atoms. The number of rotatable bonds is 13. The van der Waals surface area contributed by atoms with Gasteiger partial charge in [0, 0.05) is 41.5 Å². The SMILES string of the molecule is Cc1ccc(Cl)cc1N(CCCC(=O)N(Cc1ccc(Br)cc1)C(Cc1ccccc1)C(=O)NC(C)C)S(C)(=O)=O. The van der Waals surface area contributed by atoms with Crippen molar-refractivity contribution < 1.29 is 18.0 Å². The third-order valence-electron chi connectivity index (χ3n) is 6.56. The monoisotopic (exact) mass is 661 g/mol. The standard InChI is InChI=1S/C31H37BrClN3O4S/c1-22(2)34-31(38)29(19-24-9-6-5-7-10-24)35(21-25-13-15-26(32)16-14-25)30(37)11-8-18-36(41(4,39)40)28-20-27(33)17-12-23(28)3/h5-7,9-10,12-17,20,22,29H,8,11,18-19,21H2,1-4H3,(H,34,38). The van der Waals surface area contributed by atoms with Crippen molar-refractivity contribution in [1.29, 1.82) is 0 Å². The maximum Gasteiger partial charge on any atom is 0.243 e. The Labute approximate surface area is 257 Å². The highest BCUT2D eigenvalue weighted by molar-refractivity contribution is 9.10. The Morgan fingerprint density at radius 2 is 1.63 bits per heavy atom. The number of benzene rings is 3. The van der Waals surface area contributed by atoms with Crippen LogP contribution < -0.4 is 9.62 Å². The molecule has 0 bridgehead atoms. The summed E-state index contributed by atoms with van der Waals surface area (Å²) in [5, 5.41) is 3.41. The highest BCUT2D eigenvalue weighted by atomic mass is 79.9. The van der Waals surface area contributed by atoms with Gasteiger partial charge in [-0.25, -0.2) is 8.42 Å². The van der Waals surface area contributed by atoms with Crippen LogP contribution in [-0.2, 0) is 32.6 Å². The van der Waals surface area contributed by atoms with E-state index < -0.39 is 16.1 Å². The minimum Gasteiger partial charge on any atom is -0.352 e. The number of amides is 2. The van der Waals surface area contributed by atoms with Gasteiger partial charge in [-0.2, -0.15) is 0 Å². The number of halogens is 2. The van der Waals surface area contributed by atoms with Crippen molar-refractivity contribution in [1.82, 2.24) is 10.2 Å². The van der Waals surface area contributed by atoms with E-state index in [1.807, 2.05) is 75.4 Å². The predicted octanol–water partition coefficient (Wildman–Crippen LogP) is 6.12. The summed E-state index contributed by atoms with van der Waals surface area (Å²) in [5.41, 5.74) is 3.06. The molecule has 3 aromatic carbocycles. The number of sulfonamides is 1. The average Bonchev–Trinajstić information content (AvgIpc) is 2.90. The topological polar surface area (TPSA) is 86.8 Å². The van der Waals surface area contributed by atoms with Crippen LogP contribution in [-0.4, -0.2) is 50.0 Å². The number of hydrogen-bond acceptors (Lipinski definition) is 4. The van der Waals surface area contributed by atoms with Crippen LogP contribution in [0.4, 0.5) is 5.69 Å². The van der Waals surface area contributed by atoms with E-state index in [4.69, 9.17) is 11.6 Å². The summed E-state index contributed by atoms with van der Waals surface area (Å²) in [6.45, 7) is 5.92. The van der Waals surface area contributed by atoms with E-state index in [2.05, 4.69) is 21.2 Å². The zero-order chi connectivity index (χ0) is 30.2. The molecule has 220 valence electrons. The molecule has 1 unspecified atom stereocenters. The third kappa shape index (κ3) is 9.87. The van der Waals surface area contributed by atoms with E-state index in [1.54, 1.807) is 23.1 Å². The molecule has 0 fully saturated rings. The first-order valence-corrected chi connectivity index (χ1v) is 16.5. The van der Waals surface area contributed by atoms with Gasteiger partial charge in [-0.15, -0.1) is 0 Å². The highest BCUT2D eigenvalue weighted by Crippen LogP contribution is 2.27. The molecule has 3 aromatic rings. The second kappa shape index (κ2) is 14.8. The fraction of sp³-hybridized carbons (Fsp3) is 0.355. The quantitative estimate of drug-likeness (QED) is 0.239. The van der Waals surface area contributed by atoms with Gasteiger partial charge in [0.25, 0.3) is 0 Å². The summed E-state index contributed by atoms with van der Waals surface area (Å²) in [6.07, 6.45) is 1.81. The average molecular weight is 663 g/mol. The molecule has 0 aliphatic heterocycles. The summed E-state index contributed by atoms with van der Waals surface area (Å²) in [6, 6.07) is 21.5. The van der Waals surface area contributed by atoms with Gasteiger partial charge < -0.3 is 10.2 Å². The van der Waals surface area contributed by atoms with Crippen molar-refractivity contribution in [3.8, 4) is 0 Å². The van der Waals surface area contributed by atoms with Crippen LogP contribution in [0.5, 0.6) is 0 Å². The number of anilines is 1. The minimum absolute atomic E-state index is 0.0579. The molecule has 0 aliphatic carbocycles. The van der Waals surface area contributed by atoms with Crippen molar-refractivity contribution in [2.24, 2.45) is 0 Å². The van der Waals surface area contributed by atoms with E-state index in [-0.39, 0.29) is 43.8 Å². The Hall–Kier alpha value is -2.88. The molecule has 7 nitrogen and oxygen atoms in total. The zero-order valence-electron chi connectivity index (χ0n) is 23.8. The predicted molar refractivity (Wildman–Crippen MR) is 170 cm³/mol. The Morgan fingerprint density at radius 1 is 0.976 bits per heavy atom. The molecule has 2 amide bonds. The van der Waals surface area contributed by atoms with Crippen molar-refractivity contribution >= 4 is 55.1 Å². The Bertz CT molecular complexity index is 1430. The molecule has 1 N–H and O–H groups in total. The fourth-order valence-electron chi connectivity index (χ4n) is 4.55. The number of nitrogens with zero attached hydrogens (tertiary/aromatic N) is 2.